The van der Waals surface area contributed by atoms with Crippen molar-refractivity contribution in [2.75, 3.05) is 6.54 Å². The van der Waals surface area contributed by atoms with E-state index in [4.69, 9.17) is 5.11 Å². The zero-order valence-corrected chi connectivity index (χ0v) is 13.0. The zero-order valence-electron chi connectivity index (χ0n) is 13.0. The fourth-order valence-corrected chi connectivity index (χ4v) is 3.77. The van der Waals surface area contributed by atoms with E-state index in [0.29, 0.717) is 18.3 Å². The van der Waals surface area contributed by atoms with Gasteiger partial charge < -0.3 is 15.7 Å². The molecule has 2 rings (SSSR count). The van der Waals surface area contributed by atoms with Gasteiger partial charge in [0.15, 0.2) is 0 Å². The SMILES string of the molecule is CCC1(CNC(=O)NC2CCC(C(=O)O)CC2)CCCC1. The van der Waals surface area contributed by atoms with Crippen LogP contribution in [0.5, 0.6) is 0 Å². The van der Waals surface area contributed by atoms with Crippen LogP contribution in [-0.4, -0.2) is 29.7 Å². The molecule has 0 radical (unpaired) electrons. The molecule has 0 heterocycles. The van der Waals surface area contributed by atoms with Crippen molar-refractivity contribution in [1.82, 2.24) is 10.6 Å². The van der Waals surface area contributed by atoms with E-state index in [-0.39, 0.29) is 18.0 Å². The van der Waals surface area contributed by atoms with Crippen LogP contribution in [0.2, 0.25) is 0 Å². The van der Waals surface area contributed by atoms with Crippen molar-refractivity contribution >= 4 is 12.0 Å². The minimum Gasteiger partial charge on any atom is -0.481 e. The second kappa shape index (κ2) is 7.14. The first-order valence-corrected chi connectivity index (χ1v) is 8.32. The minimum absolute atomic E-state index is 0.0894. The van der Waals surface area contributed by atoms with Crippen LogP contribution in [0.25, 0.3) is 0 Å². The van der Waals surface area contributed by atoms with E-state index in [1.54, 1.807) is 0 Å². The van der Waals surface area contributed by atoms with Crippen LogP contribution in [0.15, 0.2) is 0 Å². The van der Waals surface area contributed by atoms with Crippen molar-refractivity contribution in [2.24, 2.45) is 11.3 Å². The number of carbonyl (C=O) groups is 2. The molecule has 0 aromatic carbocycles. The Morgan fingerprint density at radius 2 is 1.76 bits per heavy atom. The molecule has 3 N–H and O–H groups in total. The number of carbonyl (C=O) groups excluding carboxylic acids is 1. The highest BCUT2D eigenvalue weighted by Gasteiger charge is 2.32. The molecule has 5 nitrogen and oxygen atoms in total. The molecule has 2 saturated carbocycles. The van der Waals surface area contributed by atoms with Gasteiger partial charge in [0.1, 0.15) is 0 Å². The van der Waals surface area contributed by atoms with E-state index in [0.717, 1.165) is 25.8 Å². The van der Waals surface area contributed by atoms with Gasteiger partial charge in [-0.3, -0.25) is 4.79 Å². The van der Waals surface area contributed by atoms with Crippen LogP contribution >= 0.6 is 0 Å². The summed E-state index contributed by atoms with van der Waals surface area (Å²) in [5, 5.41) is 15.0. The van der Waals surface area contributed by atoms with Crippen LogP contribution in [0.4, 0.5) is 4.79 Å². The first-order chi connectivity index (χ1) is 10.0. The number of amides is 2. The Balaban J connectivity index is 1.69. The predicted octanol–water partition coefficient (Wildman–Crippen LogP) is 2.90. The molecule has 2 aliphatic rings. The van der Waals surface area contributed by atoms with E-state index in [9.17, 15) is 9.59 Å². The number of urea groups is 1. The molecule has 0 atom stereocenters. The molecular weight excluding hydrogens is 268 g/mol. The second-order valence-electron chi connectivity index (χ2n) is 6.77. The number of hydrogen-bond acceptors (Lipinski definition) is 2. The van der Waals surface area contributed by atoms with Gasteiger partial charge >= 0.3 is 12.0 Å². The molecule has 0 aromatic rings. The maximum atomic E-state index is 12.0. The smallest absolute Gasteiger partial charge is 0.315 e. The monoisotopic (exact) mass is 296 g/mol. The van der Waals surface area contributed by atoms with Crippen LogP contribution in [-0.2, 0) is 4.79 Å². The molecule has 2 amide bonds. The number of rotatable bonds is 5. The fraction of sp³-hybridized carbons (Fsp3) is 0.875. The molecule has 2 aliphatic carbocycles. The number of nitrogens with one attached hydrogen (secondary N) is 2. The van der Waals surface area contributed by atoms with Crippen molar-refractivity contribution in [3.05, 3.63) is 0 Å². The maximum Gasteiger partial charge on any atom is 0.315 e. The topological polar surface area (TPSA) is 78.4 Å². The van der Waals surface area contributed by atoms with Crippen LogP contribution in [0, 0.1) is 11.3 Å². The molecule has 120 valence electrons. The third-order valence-corrected chi connectivity index (χ3v) is 5.45. The summed E-state index contributed by atoms with van der Waals surface area (Å²) in [5.74, 6) is -0.933. The van der Waals surface area contributed by atoms with E-state index in [1.165, 1.54) is 25.7 Å². The predicted molar refractivity (Wildman–Crippen MR) is 81.1 cm³/mol. The van der Waals surface area contributed by atoms with Crippen LogP contribution in [0.3, 0.4) is 0 Å². The average molecular weight is 296 g/mol. The second-order valence-corrected chi connectivity index (χ2v) is 6.77. The third-order valence-electron chi connectivity index (χ3n) is 5.45. The van der Waals surface area contributed by atoms with Crippen molar-refractivity contribution in [1.29, 1.82) is 0 Å². The number of carboxylic acids is 1. The lowest BCUT2D eigenvalue weighted by Crippen LogP contribution is -2.46. The molecule has 2 fully saturated rings. The van der Waals surface area contributed by atoms with E-state index in [2.05, 4.69) is 17.6 Å². The summed E-state index contributed by atoms with van der Waals surface area (Å²) in [6.45, 7) is 2.97. The van der Waals surface area contributed by atoms with Crippen molar-refractivity contribution in [3.8, 4) is 0 Å². The van der Waals surface area contributed by atoms with Crippen molar-refractivity contribution in [2.45, 2.75) is 70.8 Å². The molecule has 0 saturated heterocycles. The Hall–Kier alpha value is -1.26. The van der Waals surface area contributed by atoms with Crippen molar-refractivity contribution < 1.29 is 14.7 Å². The van der Waals surface area contributed by atoms with Gasteiger partial charge in [0, 0.05) is 12.6 Å². The summed E-state index contributed by atoms with van der Waals surface area (Å²) in [4.78, 5) is 22.9. The van der Waals surface area contributed by atoms with E-state index in [1.807, 2.05) is 0 Å². The first-order valence-electron chi connectivity index (χ1n) is 8.32. The molecule has 21 heavy (non-hydrogen) atoms. The van der Waals surface area contributed by atoms with Gasteiger partial charge in [-0.2, -0.15) is 0 Å². The summed E-state index contributed by atoms with van der Waals surface area (Å²) in [6, 6.07) is 0.0373. The Bertz CT molecular complexity index is 370. The lowest BCUT2D eigenvalue weighted by Gasteiger charge is -2.30. The Morgan fingerprint density at radius 3 is 2.29 bits per heavy atom. The van der Waals surface area contributed by atoms with Gasteiger partial charge in [-0.1, -0.05) is 19.8 Å². The summed E-state index contributed by atoms with van der Waals surface area (Å²) < 4.78 is 0. The molecule has 0 aromatic heterocycles. The largest absolute Gasteiger partial charge is 0.481 e. The summed E-state index contributed by atoms with van der Waals surface area (Å²) >= 11 is 0. The highest BCUT2D eigenvalue weighted by Crippen LogP contribution is 2.40. The maximum absolute atomic E-state index is 12.0. The quantitative estimate of drug-likeness (QED) is 0.730. The summed E-state index contributed by atoms with van der Waals surface area (Å²) in [7, 11) is 0. The molecule has 0 bridgehead atoms. The molecule has 5 heteroatoms. The Kier molecular flexibility index (Phi) is 5.48. The third kappa shape index (κ3) is 4.35. The van der Waals surface area contributed by atoms with Crippen LogP contribution < -0.4 is 10.6 Å². The Morgan fingerprint density at radius 1 is 1.14 bits per heavy atom. The van der Waals surface area contributed by atoms with Gasteiger partial charge in [0.2, 0.25) is 0 Å². The Labute approximate surface area is 126 Å². The first kappa shape index (κ1) is 16.1. The number of aliphatic carboxylic acids is 1. The van der Waals surface area contributed by atoms with Gasteiger partial charge in [-0.15, -0.1) is 0 Å². The van der Waals surface area contributed by atoms with Gasteiger partial charge in [0.25, 0.3) is 0 Å². The highest BCUT2D eigenvalue weighted by atomic mass is 16.4. The normalized spacial score (nSPS) is 28.0. The minimum atomic E-state index is -0.705. The highest BCUT2D eigenvalue weighted by molar-refractivity contribution is 5.74. The van der Waals surface area contributed by atoms with Gasteiger partial charge in [0.05, 0.1) is 5.92 Å². The lowest BCUT2D eigenvalue weighted by atomic mass is 9.83. The number of hydrogen-bond donors (Lipinski definition) is 3. The molecule has 0 aliphatic heterocycles. The standard InChI is InChI=1S/C16H28N2O3/c1-2-16(9-3-4-10-16)11-17-15(21)18-13-7-5-12(6-8-13)14(19)20/h12-13H,2-11H2,1H3,(H,19,20)(H2,17,18,21). The molecular formula is C16H28N2O3. The van der Waals surface area contributed by atoms with Crippen molar-refractivity contribution in [3.63, 3.8) is 0 Å². The van der Waals surface area contributed by atoms with Gasteiger partial charge in [-0.25, -0.2) is 4.79 Å². The zero-order chi connectivity index (χ0) is 15.3. The van der Waals surface area contributed by atoms with E-state index < -0.39 is 5.97 Å². The molecule has 0 spiro atoms. The lowest BCUT2D eigenvalue weighted by molar-refractivity contribution is -0.142. The summed E-state index contributed by atoms with van der Waals surface area (Å²) in [5.41, 5.74) is 0.304. The van der Waals surface area contributed by atoms with E-state index >= 15 is 0 Å². The average Bonchev–Trinajstić information content (AvgIpc) is 2.95. The molecule has 0 unspecified atom stereocenters. The fourth-order valence-electron chi connectivity index (χ4n) is 3.77. The van der Waals surface area contributed by atoms with Crippen LogP contribution in [0.1, 0.15) is 64.7 Å². The number of carboxylic acid groups (broad SMARTS) is 1. The summed E-state index contributed by atoms with van der Waals surface area (Å²) in [6.07, 6.45) is 8.97. The van der Waals surface area contributed by atoms with Gasteiger partial charge in [-0.05, 0) is 50.4 Å².